The number of nitrogens with zero attached hydrogens (tertiary/aromatic N) is 4. The van der Waals surface area contributed by atoms with Crippen LogP contribution in [-0.2, 0) is 4.79 Å². The number of alkyl halides is 3. The van der Waals surface area contributed by atoms with Crippen LogP contribution in [0.2, 0.25) is 0 Å². The first-order chi connectivity index (χ1) is 18.7. The van der Waals surface area contributed by atoms with Gasteiger partial charge in [0.2, 0.25) is 11.9 Å². The van der Waals surface area contributed by atoms with Gasteiger partial charge in [-0.1, -0.05) is 6.08 Å². The van der Waals surface area contributed by atoms with Gasteiger partial charge < -0.3 is 20.9 Å². The molecule has 0 saturated carbocycles. The van der Waals surface area contributed by atoms with E-state index in [0.717, 1.165) is 42.8 Å². The van der Waals surface area contributed by atoms with Crippen molar-refractivity contribution in [1.29, 1.82) is 0 Å². The predicted octanol–water partition coefficient (Wildman–Crippen LogP) is 3.91. The van der Waals surface area contributed by atoms with Gasteiger partial charge in [0.15, 0.2) is 5.65 Å². The zero-order chi connectivity index (χ0) is 27.4. The molecule has 12 heteroatoms. The van der Waals surface area contributed by atoms with Crippen molar-refractivity contribution >= 4 is 34.7 Å². The Kier molecular flexibility index (Phi) is 7.82. The van der Waals surface area contributed by atoms with E-state index in [9.17, 15) is 22.8 Å². The normalized spacial score (nSPS) is 16.7. The van der Waals surface area contributed by atoms with Gasteiger partial charge >= 0.3 is 6.18 Å². The zero-order valence-corrected chi connectivity index (χ0v) is 21.3. The molecule has 5 rings (SSSR count). The monoisotopic (exact) mass is 541 g/mol. The van der Waals surface area contributed by atoms with Crippen molar-refractivity contribution in [1.82, 2.24) is 30.1 Å². The molecule has 39 heavy (non-hydrogen) atoms. The van der Waals surface area contributed by atoms with Gasteiger partial charge in [-0.3, -0.25) is 9.59 Å². The van der Waals surface area contributed by atoms with Crippen LogP contribution in [0.15, 0.2) is 48.7 Å². The van der Waals surface area contributed by atoms with Crippen molar-refractivity contribution in [3.05, 3.63) is 59.8 Å². The van der Waals surface area contributed by atoms with Crippen molar-refractivity contribution in [3.63, 3.8) is 0 Å². The van der Waals surface area contributed by atoms with Crippen LogP contribution < -0.4 is 16.0 Å². The maximum absolute atomic E-state index is 12.6. The molecule has 206 valence electrons. The van der Waals surface area contributed by atoms with Crippen LogP contribution >= 0.6 is 0 Å². The summed E-state index contributed by atoms with van der Waals surface area (Å²) < 4.78 is 39.0. The van der Waals surface area contributed by atoms with Crippen molar-refractivity contribution < 1.29 is 22.8 Å². The highest BCUT2D eigenvalue weighted by molar-refractivity contribution is 5.94. The number of hydrogen-bond acceptors (Lipinski definition) is 6. The highest BCUT2D eigenvalue weighted by atomic mass is 19.4. The molecule has 0 unspecified atom stereocenters. The molecule has 3 N–H and O–H groups in total. The molecule has 0 atom stereocenters. The molecule has 4 heterocycles. The van der Waals surface area contributed by atoms with Crippen LogP contribution in [-0.4, -0.2) is 69.7 Å². The average Bonchev–Trinajstić information content (AvgIpc) is 3.35. The van der Waals surface area contributed by atoms with Crippen LogP contribution in [0, 0.1) is 0 Å². The van der Waals surface area contributed by atoms with E-state index in [1.807, 2.05) is 18.2 Å². The molecule has 2 aliphatic rings. The van der Waals surface area contributed by atoms with E-state index >= 15 is 0 Å². The third kappa shape index (κ3) is 6.75. The van der Waals surface area contributed by atoms with Crippen LogP contribution in [0.25, 0.3) is 11.2 Å². The SMILES string of the molecule is O=C(NC1CCNCC1)c1ccc(Nc2nc3c(C4=CCN(C(=O)CCC(F)(F)F)CC4)cccn3n2)cc1. The fourth-order valence-electron chi connectivity index (χ4n) is 4.83. The third-order valence-electron chi connectivity index (χ3n) is 6.97. The van der Waals surface area contributed by atoms with E-state index in [0.29, 0.717) is 30.1 Å². The number of piperidine rings is 1. The second kappa shape index (κ2) is 11.4. The van der Waals surface area contributed by atoms with Gasteiger partial charge in [0, 0.05) is 48.6 Å². The molecule has 9 nitrogen and oxygen atoms in total. The minimum Gasteiger partial charge on any atom is -0.349 e. The van der Waals surface area contributed by atoms with E-state index < -0.39 is 24.9 Å². The van der Waals surface area contributed by atoms with E-state index in [-0.39, 0.29) is 18.5 Å². The molecule has 0 bridgehead atoms. The second-order valence-electron chi connectivity index (χ2n) is 9.76. The van der Waals surface area contributed by atoms with E-state index in [2.05, 4.69) is 26.0 Å². The fourth-order valence-corrected chi connectivity index (χ4v) is 4.83. The molecule has 1 aromatic carbocycles. The Hall–Kier alpha value is -3.93. The highest BCUT2D eigenvalue weighted by Gasteiger charge is 2.29. The lowest BCUT2D eigenvalue weighted by molar-refractivity contribution is -0.148. The van der Waals surface area contributed by atoms with E-state index in [1.165, 1.54) is 4.90 Å². The summed E-state index contributed by atoms with van der Waals surface area (Å²) in [5.41, 5.74) is 3.75. The molecule has 3 aromatic rings. The van der Waals surface area contributed by atoms with Crippen molar-refractivity contribution in [2.24, 2.45) is 0 Å². The number of nitrogens with one attached hydrogen (secondary N) is 3. The minimum absolute atomic E-state index is 0.0923. The summed E-state index contributed by atoms with van der Waals surface area (Å²) in [6.07, 6.45) is -0.00222. The Balaban J connectivity index is 1.23. The lowest BCUT2D eigenvalue weighted by Crippen LogP contribution is -2.42. The number of anilines is 2. The van der Waals surface area contributed by atoms with Gasteiger partial charge in [-0.05, 0) is 74.3 Å². The largest absolute Gasteiger partial charge is 0.389 e. The van der Waals surface area contributed by atoms with Crippen molar-refractivity contribution in [2.75, 3.05) is 31.5 Å². The van der Waals surface area contributed by atoms with Gasteiger partial charge in [0.1, 0.15) is 0 Å². The number of amides is 2. The summed E-state index contributed by atoms with van der Waals surface area (Å²) in [4.78, 5) is 30.8. The van der Waals surface area contributed by atoms with Crippen LogP contribution in [0.1, 0.15) is 48.0 Å². The molecular formula is C27H30F3N7O2. The van der Waals surface area contributed by atoms with Gasteiger partial charge in [0.05, 0.1) is 6.42 Å². The molecule has 0 aliphatic carbocycles. The summed E-state index contributed by atoms with van der Waals surface area (Å²) in [5.74, 6) is -0.204. The molecule has 1 saturated heterocycles. The molecule has 0 radical (unpaired) electrons. The number of fused-ring (bicyclic) bond motifs is 1. The fraction of sp³-hybridized carbons (Fsp3) is 0.407. The van der Waals surface area contributed by atoms with Gasteiger partial charge in [-0.15, -0.1) is 5.10 Å². The molecule has 1 fully saturated rings. The lowest BCUT2D eigenvalue weighted by atomic mass is 10.00. The number of halogens is 3. The average molecular weight is 542 g/mol. The number of hydrogen-bond donors (Lipinski definition) is 3. The summed E-state index contributed by atoms with van der Waals surface area (Å²) in [6, 6.07) is 11.1. The van der Waals surface area contributed by atoms with Crippen LogP contribution in [0.3, 0.4) is 0 Å². The quantitative estimate of drug-likeness (QED) is 0.419. The Morgan fingerprint density at radius 3 is 2.56 bits per heavy atom. The van der Waals surface area contributed by atoms with Crippen molar-refractivity contribution in [2.45, 2.75) is 44.3 Å². The van der Waals surface area contributed by atoms with Gasteiger partial charge in [-0.2, -0.15) is 18.2 Å². The topological polar surface area (TPSA) is 104 Å². The molecule has 2 amide bonds. The maximum Gasteiger partial charge on any atom is 0.389 e. The molecule has 0 spiro atoms. The summed E-state index contributed by atoms with van der Waals surface area (Å²) >= 11 is 0. The first-order valence-corrected chi connectivity index (χ1v) is 13.0. The smallest absolute Gasteiger partial charge is 0.349 e. The number of carbonyl (C=O) groups excluding carboxylic acids is 2. The number of rotatable bonds is 7. The van der Waals surface area contributed by atoms with E-state index in [1.54, 1.807) is 35.0 Å². The lowest BCUT2D eigenvalue weighted by Gasteiger charge is -2.27. The van der Waals surface area contributed by atoms with Gasteiger partial charge in [-0.25, -0.2) is 4.52 Å². The summed E-state index contributed by atoms with van der Waals surface area (Å²) in [6.45, 7) is 2.41. The molecular weight excluding hydrogens is 511 g/mol. The van der Waals surface area contributed by atoms with Crippen LogP contribution in [0.5, 0.6) is 0 Å². The molecule has 2 aromatic heterocycles. The van der Waals surface area contributed by atoms with E-state index in [4.69, 9.17) is 0 Å². The third-order valence-corrected chi connectivity index (χ3v) is 6.97. The Morgan fingerprint density at radius 1 is 1.10 bits per heavy atom. The highest BCUT2D eigenvalue weighted by Crippen LogP contribution is 2.28. The summed E-state index contributed by atoms with van der Waals surface area (Å²) in [7, 11) is 0. The Labute approximate surface area is 223 Å². The number of benzene rings is 1. The number of carbonyl (C=O) groups is 2. The predicted molar refractivity (Wildman–Crippen MR) is 141 cm³/mol. The Bertz CT molecular complexity index is 1360. The summed E-state index contributed by atoms with van der Waals surface area (Å²) in [5, 5.41) is 14.0. The minimum atomic E-state index is -4.34. The number of pyridine rings is 1. The first-order valence-electron chi connectivity index (χ1n) is 13.0. The number of aromatic nitrogens is 3. The van der Waals surface area contributed by atoms with Gasteiger partial charge in [0.25, 0.3) is 5.91 Å². The zero-order valence-electron chi connectivity index (χ0n) is 21.3. The first kappa shape index (κ1) is 26.7. The maximum atomic E-state index is 12.6. The second-order valence-corrected chi connectivity index (χ2v) is 9.76. The Morgan fingerprint density at radius 2 is 1.87 bits per heavy atom. The molecule has 2 aliphatic heterocycles. The standard InChI is InChI=1S/C27H30F3N7O2/c28-27(29,30)12-7-23(38)36-16-10-18(11-17-36)22-2-1-15-37-24(22)34-26(35-37)33-20-5-3-19(4-6-20)25(39)32-21-8-13-31-14-9-21/h1-6,10,15,21,31H,7-9,11-14,16-17H2,(H,32,39)(H,33,35). The van der Waals surface area contributed by atoms with Crippen molar-refractivity contribution in [3.8, 4) is 0 Å². The van der Waals surface area contributed by atoms with Crippen LogP contribution in [0.4, 0.5) is 24.8 Å².